The summed E-state index contributed by atoms with van der Waals surface area (Å²) in [6.45, 7) is 0.0332. The molecule has 0 atom stereocenters. The first-order chi connectivity index (χ1) is 14.9. The smallest absolute Gasteiger partial charge is 0.355 e. The molecule has 0 saturated carbocycles. The molecular formula is C24H16FNO5. The van der Waals surface area contributed by atoms with Crippen molar-refractivity contribution in [2.45, 2.75) is 6.61 Å². The molecule has 6 nitrogen and oxygen atoms in total. The number of rotatable bonds is 6. The number of aromatic nitrogens is 1. The van der Waals surface area contributed by atoms with Gasteiger partial charge in [-0.25, -0.2) is 14.0 Å². The standard InChI is InChI=1S/C24H16FNO5/c25-18-8-4-7-16(11-18)22(27)17-9-10-26-20(12-17)19(23(28)29)13-21(26)24(30)31-14-15-5-2-1-3-6-15/h1-13H,14H2,(H,28,29). The fourth-order valence-electron chi connectivity index (χ4n) is 3.26. The van der Waals surface area contributed by atoms with Crippen molar-refractivity contribution in [1.82, 2.24) is 4.40 Å². The highest BCUT2D eigenvalue weighted by molar-refractivity contribution is 6.10. The fraction of sp³-hybridized carbons (Fsp3) is 0.0417. The van der Waals surface area contributed by atoms with Crippen molar-refractivity contribution in [2.24, 2.45) is 0 Å². The number of carbonyl (C=O) groups is 3. The molecule has 4 aromatic rings. The van der Waals surface area contributed by atoms with Crippen LogP contribution in [0.2, 0.25) is 0 Å². The Labute approximate surface area is 176 Å². The Hall–Kier alpha value is -4.26. The summed E-state index contributed by atoms with van der Waals surface area (Å²) in [5, 5.41) is 9.57. The van der Waals surface area contributed by atoms with Gasteiger partial charge in [-0.2, -0.15) is 0 Å². The molecule has 0 spiro atoms. The second-order valence-electron chi connectivity index (χ2n) is 6.82. The van der Waals surface area contributed by atoms with Crippen molar-refractivity contribution >= 4 is 23.2 Å². The molecule has 0 saturated heterocycles. The van der Waals surface area contributed by atoms with Gasteiger partial charge in [-0.1, -0.05) is 42.5 Å². The number of halogens is 1. The first-order valence-corrected chi connectivity index (χ1v) is 9.34. The van der Waals surface area contributed by atoms with Gasteiger partial charge in [0.2, 0.25) is 0 Å². The van der Waals surface area contributed by atoms with E-state index < -0.39 is 23.5 Å². The van der Waals surface area contributed by atoms with Crippen LogP contribution in [0.15, 0.2) is 79.0 Å². The van der Waals surface area contributed by atoms with Crippen LogP contribution in [-0.4, -0.2) is 27.2 Å². The van der Waals surface area contributed by atoms with Crippen LogP contribution < -0.4 is 0 Å². The number of esters is 1. The minimum Gasteiger partial charge on any atom is -0.478 e. The zero-order valence-electron chi connectivity index (χ0n) is 16.1. The van der Waals surface area contributed by atoms with E-state index in [0.29, 0.717) is 0 Å². The Kier molecular flexibility index (Phi) is 5.32. The van der Waals surface area contributed by atoms with Gasteiger partial charge in [-0.3, -0.25) is 4.79 Å². The van der Waals surface area contributed by atoms with Gasteiger partial charge in [0, 0.05) is 17.3 Å². The number of carboxylic acid groups (broad SMARTS) is 1. The average molecular weight is 417 g/mol. The van der Waals surface area contributed by atoms with Crippen molar-refractivity contribution in [3.05, 3.63) is 113 Å². The van der Waals surface area contributed by atoms with E-state index >= 15 is 0 Å². The van der Waals surface area contributed by atoms with Crippen LogP contribution in [0.4, 0.5) is 4.39 Å². The summed E-state index contributed by atoms with van der Waals surface area (Å²) < 4.78 is 20.1. The second-order valence-corrected chi connectivity index (χ2v) is 6.82. The molecule has 2 heterocycles. The molecule has 1 N–H and O–H groups in total. The van der Waals surface area contributed by atoms with Crippen molar-refractivity contribution in [3.8, 4) is 0 Å². The van der Waals surface area contributed by atoms with E-state index in [9.17, 15) is 23.9 Å². The van der Waals surface area contributed by atoms with Crippen molar-refractivity contribution in [1.29, 1.82) is 0 Å². The number of ketones is 1. The molecule has 0 aliphatic rings. The lowest BCUT2D eigenvalue weighted by molar-refractivity contribution is 0.0464. The van der Waals surface area contributed by atoms with Crippen molar-refractivity contribution in [3.63, 3.8) is 0 Å². The molecule has 0 bridgehead atoms. The fourth-order valence-corrected chi connectivity index (χ4v) is 3.26. The molecule has 0 fully saturated rings. The highest BCUT2D eigenvalue weighted by atomic mass is 19.1. The van der Waals surface area contributed by atoms with Crippen LogP contribution in [0.5, 0.6) is 0 Å². The minimum atomic E-state index is -1.25. The van der Waals surface area contributed by atoms with E-state index in [1.807, 2.05) is 18.2 Å². The number of aromatic carboxylic acids is 1. The summed E-state index contributed by atoms with van der Waals surface area (Å²) in [5.41, 5.74) is 1.12. The first-order valence-electron chi connectivity index (χ1n) is 9.34. The summed E-state index contributed by atoms with van der Waals surface area (Å²) in [6.07, 6.45) is 1.42. The zero-order chi connectivity index (χ0) is 22.0. The van der Waals surface area contributed by atoms with E-state index in [2.05, 4.69) is 0 Å². The minimum absolute atomic E-state index is 0.0214. The molecule has 2 aromatic heterocycles. The maximum absolute atomic E-state index is 13.5. The molecule has 7 heteroatoms. The number of fused-ring (bicyclic) bond motifs is 1. The third-order valence-electron chi connectivity index (χ3n) is 4.77. The lowest BCUT2D eigenvalue weighted by atomic mass is 10.0. The molecule has 0 aliphatic heterocycles. The highest BCUT2D eigenvalue weighted by Crippen LogP contribution is 2.22. The van der Waals surface area contributed by atoms with Crippen LogP contribution in [0, 0.1) is 5.82 Å². The van der Waals surface area contributed by atoms with Crippen LogP contribution in [-0.2, 0) is 11.3 Å². The number of carboxylic acids is 1. The maximum atomic E-state index is 13.5. The Morgan fingerprint density at radius 1 is 0.903 bits per heavy atom. The van der Waals surface area contributed by atoms with Crippen LogP contribution in [0.1, 0.15) is 42.3 Å². The Morgan fingerprint density at radius 2 is 1.65 bits per heavy atom. The predicted molar refractivity (Wildman–Crippen MR) is 110 cm³/mol. The van der Waals surface area contributed by atoms with Gasteiger partial charge in [0.25, 0.3) is 0 Å². The maximum Gasteiger partial charge on any atom is 0.355 e. The molecule has 154 valence electrons. The average Bonchev–Trinajstić information content (AvgIpc) is 3.17. The topological polar surface area (TPSA) is 85.1 Å². The number of nitrogens with zero attached hydrogens (tertiary/aromatic N) is 1. The third-order valence-corrected chi connectivity index (χ3v) is 4.77. The molecule has 31 heavy (non-hydrogen) atoms. The van der Waals surface area contributed by atoms with Gasteiger partial charge in [-0.15, -0.1) is 0 Å². The van der Waals surface area contributed by atoms with Gasteiger partial charge in [0.05, 0.1) is 11.1 Å². The molecule has 0 aliphatic carbocycles. The quantitative estimate of drug-likeness (QED) is 0.372. The van der Waals surface area contributed by atoms with E-state index in [0.717, 1.165) is 11.6 Å². The number of pyridine rings is 1. The van der Waals surface area contributed by atoms with E-state index in [4.69, 9.17) is 4.74 Å². The number of carbonyl (C=O) groups excluding carboxylic acids is 2. The van der Waals surface area contributed by atoms with Crippen LogP contribution >= 0.6 is 0 Å². The zero-order valence-corrected chi connectivity index (χ0v) is 16.1. The molecular weight excluding hydrogens is 401 g/mol. The molecule has 0 radical (unpaired) electrons. The molecule has 2 aromatic carbocycles. The van der Waals surface area contributed by atoms with E-state index in [1.165, 1.54) is 47.0 Å². The van der Waals surface area contributed by atoms with Gasteiger partial charge in [0.1, 0.15) is 18.1 Å². The predicted octanol–water partition coefficient (Wildman–Crippen LogP) is 4.36. The summed E-state index contributed by atoms with van der Waals surface area (Å²) in [4.78, 5) is 37.0. The lowest BCUT2D eigenvalue weighted by Gasteiger charge is -2.07. The highest BCUT2D eigenvalue weighted by Gasteiger charge is 2.22. The largest absolute Gasteiger partial charge is 0.478 e. The van der Waals surface area contributed by atoms with Gasteiger partial charge < -0.3 is 14.2 Å². The van der Waals surface area contributed by atoms with E-state index in [1.54, 1.807) is 12.1 Å². The molecule has 0 unspecified atom stereocenters. The molecule has 4 rings (SSSR count). The Balaban J connectivity index is 1.69. The monoisotopic (exact) mass is 417 g/mol. The summed E-state index contributed by atoms with van der Waals surface area (Å²) >= 11 is 0. The second kappa shape index (κ2) is 8.23. The molecule has 0 amide bonds. The first kappa shape index (κ1) is 20.0. The van der Waals surface area contributed by atoms with Gasteiger partial charge in [0.15, 0.2) is 5.78 Å². The number of hydrogen-bond donors (Lipinski definition) is 1. The number of hydrogen-bond acceptors (Lipinski definition) is 4. The van der Waals surface area contributed by atoms with Crippen LogP contribution in [0.3, 0.4) is 0 Å². The number of ether oxygens (including phenoxy) is 1. The Morgan fingerprint density at radius 3 is 2.35 bits per heavy atom. The van der Waals surface area contributed by atoms with Crippen LogP contribution in [0.25, 0.3) is 5.52 Å². The third kappa shape index (κ3) is 4.06. The number of benzene rings is 2. The summed E-state index contributed by atoms with van der Waals surface area (Å²) in [5.74, 6) is -2.97. The van der Waals surface area contributed by atoms with Gasteiger partial charge in [-0.05, 0) is 35.9 Å². The summed E-state index contributed by atoms with van der Waals surface area (Å²) in [6, 6.07) is 18.3. The SMILES string of the molecule is O=C(c1cccc(F)c1)c1ccn2c(C(=O)OCc3ccccc3)cc(C(=O)O)c2c1. The van der Waals surface area contributed by atoms with Gasteiger partial charge >= 0.3 is 11.9 Å². The lowest BCUT2D eigenvalue weighted by Crippen LogP contribution is -2.09. The van der Waals surface area contributed by atoms with Crippen molar-refractivity contribution < 1.29 is 28.6 Å². The Bertz CT molecular complexity index is 1310. The van der Waals surface area contributed by atoms with E-state index in [-0.39, 0.29) is 34.5 Å². The normalized spacial score (nSPS) is 10.7. The van der Waals surface area contributed by atoms with Crippen molar-refractivity contribution in [2.75, 3.05) is 0 Å². The summed E-state index contributed by atoms with van der Waals surface area (Å²) in [7, 11) is 0.